The topological polar surface area (TPSA) is 75.3 Å². The molecule has 0 atom stereocenters. The van der Waals surface area contributed by atoms with Crippen LogP contribution in [0.1, 0.15) is 20.3 Å². The molecular formula is C18H20F2N2O3S2. The normalized spacial score (nSPS) is 11.6. The van der Waals surface area contributed by atoms with E-state index >= 15 is 0 Å². The first-order valence-corrected chi connectivity index (χ1v) is 10.6. The second-order valence-corrected chi connectivity index (χ2v) is 8.91. The minimum atomic E-state index is -3.58. The van der Waals surface area contributed by atoms with Gasteiger partial charge in [0.15, 0.2) is 11.6 Å². The van der Waals surface area contributed by atoms with Crippen LogP contribution in [0.15, 0.2) is 52.3 Å². The van der Waals surface area contributed by atoms with Gasteiger partial charge < -0.3 is 5.32 Å². The van der Waals surface area contributed by atoms with Gasteiger partial charge in [-0.3, -0.25) is 4.79 Å². The molecule has 0 aliphatic heterocycles. The summed E-state index contributed by atoms with van der Waals surface area (Å²) >= 11 is 1.24. The van der Waals surface area contributed by atoms with E-state index in [4.69, 9.17) is 0 Å². The maximum Gasteiger partial charge on any atom is 0.240 e. The highest BCUT2D eigenvalue weighted by Crippen LogP contribution is 2.21. The fourth-order valence-corrected chi connectivity index (χ4v) is 4.27. The lowest BCUT2D eigenvalue weighted by molar-refractivity contribution is -0.115. The summed E-state index contributed by atoms with van der Waals surface area (Å²) in [4.78, 5) is 12.6. The van der Waals surface area contributed by atoms with Gasteiger partial charge in [-0.05, 0) is 56.3 Å². The summed E-state index contributed by atoms with van der Waals surface area (Å²) < 4.78 is 52.6. The number of hydrogen-bond acceptors (Lipinski definition) is 4. The third-order valence-corrected chi connectivity index (χ3v) is 6.00. The zero-order valence-corrected chi connectivity index (χ0v) is 16.5. The number of carbonyl (C=O) groups is 1. The first kappa shape index (κ1) is 21.3. The molecule has 0 unspecified atom stereocenters. The quantitative estimate of drug-likeness (QED) is 0.645. The molecule has 0 saturated heterocycles. The number of thioether (sulfide) groups is 1. The highest BCUT2D eigenvalue weighted by Gasteiger charge is 2.15. The number of rotatable bonds is 8. The monoisotopic (exact) mass is 414 g/mol. The van der Waals surface area contributed by atoms with Gasteiger partial charge in [0.05, 0.1) is 4.90 Å². The van der Waals surface area contributed by atoms with Crippen molar-refractivity contribution >= 4 is 33.4 Å². The zero-order valence-electron chi connectivity index (χ0n) is 14.8. The molecule has 0 aromatic heterocycles. The number of anilines is 1. The number of amides is 1. The Morgan fingerprint density at radius 1 is 1.07 bits per heavy atom. The molecule has 2 aromatic rings. The van der Waals surface area contributed by atoms with E-state index in [1.165, 1.54) is 42.1 Å². The van der Waals surface area contributed by atoms with E-state index < -0.39 is 21.7 Å². The number of carbonyl (C=O) groups excluding carboxylic acids is 1. The standard InChI is InChI=1S/C18H20F2N2O3S2/c1-12(2)22-27(24,25)15-6-3-13(4-7-15)21-18(23)9-10-26-14-5-8-16(19)17(20)11-14/h3-8,11-12,22H,9-10H2,1-2H3,(H,21,23). The molecule has 0 heterocycles. The van der Waals surface area contributed by atoms with Crippen molar-refractivity contribution in [2.24, 2.45) is 0 Å². The molecule has 2 aromatic carbocycles. The van der Waals surface area contributed by atoms with Crippen molar-refractivity contribution < 1.29 is 22.0 Å². The number of sulfonamides is 1. The first-order chi connectivity index (χ1) is 12.7. The molecule has 0 bridgehead atoms. The molecule has 1 amide bonds. The second-order valence-electron chi connectivity index (χ2n) is 6.02. The molecule has 2 rings (SSSR count). The van der Waals surface area contributed by atoms with Crippen LogP contribution in [0.4, 0.5) is 14.5 Å². The smallest absolute Gasteiger partial charge is 0.240 e. The Labute approximate surface area is 161 Å². The Morgan fingerprint density at radius 3 is 2.33 bits per heavy atom. The number of benzene rings is 2. The molecule has 0 aliphatic rings. The SMILES string of the molecule is CC(C)NS(=O)(=O)c1ccc(NC(=O)CCSc2ccc(F)c(F)c2)cc1. The predicted octanol–water partition coefficient (Wildman–Crippen LogP) is 3.77. The summed E-state index contributed by atoms with van der Waals surface area (Å²) in [5.74, 6) is -1.71. The number of hydrogen-bond donors (Lipinski definition) is 2. The van der Waals surface area contributed by atoms with E-state index in [0.717, 1.165) is 12.1 Å². The Hall–Kier alpha value is -1.97. The number of nitrogens with one attached hydrogen (secondary N) is 2. The third kappa shape index (κ3) is 6.60. The van der Waals surface area contributed by atoms with Gasteiger partial charge in [0.1, 0.15) is 0 Å². The van der Waals surface area contributed by atoms with E-state index in [1.54, 1.807) is 13.8 Å². The third-order valence-electron chi connectivity index (χ3n) is 3.33. The average molecular weight is 414 g/mol. The van der Waals surface area contributed by atoms with E-state index in [0.29, 0.717) is 16.3 Å². The van der Waals surface area contributed by atoms with Crippen LogP contribution in [0.2, 0.25) is 0 Å². The van der Waals surface area contributed by atoms with Crippen LogP contribution in [0.5, 0.6) is 0 Å². The minimum Gasteiger partial charge on any atom is -0.326 e. The van der Waals surface area contributed by atoms with Crippen molar-refractivity contribution in [3.8, 4) is 0 Å². The van der Waals surface area contributed by atoms with Crippen molar-refractivity contribution in [2.45, 2.75) is 36.1 Å². The molecule has 5 nitrogen and oxygen atoms in total. The molecule has 0 spiro atoms. The van der Waals surface area contributed by atoms with Crippen molar-refractivity contribution in [2.75, 3.05) is 11.1 Å². The van der Waals surface area contributed by atoms with Crippen molar-refractivity contribution in [3.05, 3.63) is 54.1 Å². The van der Waals surface area contributed by atoms with Gasteiger partial charge in [-0.15, -0.1) is 11.8 Å². The van der Waals surface area contributed by atoms with Gasteiger partial charge in [0, 0.05) is 28.8 Å². The van der Waals surface area contributed by atoms with E-state index in [9.17, 15) is 22.0 Å². The summed E-state index contributed by atoms with van der Waals surface area (Å²) in [6.07, 6.45) is 0.165. The van der Waals surface area contributed by atoms with Gasteiger partial charge in [-0.25, -0.2) is 21.9 Å². The van der Waals surface area contributed by atoms with Crippen LogP contribution >= 0.6 is 11.8 Å². The molecule has 0 radical (unpaired) electrons. The van der Waals surface area contributed by atoms with Gasteiger partial charge in [0.25, 0.3) is 0 Å². The lowest BCUT2D eigenvalue weighted by Gasteiger charge is -2.10. The number of halogens is 2. The molecule has 146 valence electrons. The Bertz CT molecular complexity index is 901. The Morgan fingerprint density at radius 2 is 1.74 bits per heavy atom. The van der Waals surface area contributed by atoms with Gasteiger partial charge in [-0.1, -0.05) is 0 Å². The van der Waals surface area contributed by atoms with Gasteiger partial charge in [0.2, 0.25) is 15.9 Å². The average Bonchev–Trinajstić information content (AvgIpc) is 2.57. The lowest BCUT2D eigenvalue weighted by Crippen LogP contribution is -2.30. The van der Waals surface area contributed by atoms with Crippen LogP contribution in [-0.4, -0.2) is 26.1 Å². The van der Waals surface area contributed by atoms with Crippen molar-refractivity contribution in [1.29, 1.82) is 0 Å². The highest BCUT2D eigenvalue weighted by atomic mass is 32.2. The van der Waals surface area contributed by atoms with E-state index in [-0.39, 0.29) is 23.3 Å². The van der Waals surface area contributed by atoms with Gasteiger partial charge >= 0.3 is 0 Å². The van der Waals surface area contributed by atoms with E-state index in [1.807, 2.05) is 0 Å². The summed E-state index contributed by atoms with van der Waals surface area (Å²) in [6.45, 7) is 3.45. The predicted molar refractivity (Wildman–Crippen MR) is 102 cm³/mol. The van der Waals surface area contributed by atoms with Crippen LogP contribution in [0.3, 0.4) is 0 Å². The first-order valence-electron chi connectivity index (χ1n) is 8.17. The highest BCUT2D eigenvalue weighted by molar-refractivity contribution is 7.99. The second kappa shape index (κ2) is 9.29. The van der Waals surface area contributed by atoms with Crippen LogP contribution < -0.4 is 10.0 Å². The van der Waals surface area contributed by atoms with Gasteiger partial charge in [-0.2, -0.15) is 0 Å². The largest absolute Gasteiger partial charge is 0.326 e. The Kier molecular flexibility index (Phi) is 7.34. The fourth-order valence-electron chi connectivity index (χ4n) is 2.15. The van der Waals surface area contributed by atoms with Crippen LogP contribution in [0, 0.1) is 11.6 Å². The van der Waals surface area contributed by atoms with E-state index in [2.05, 4.69) is 10.0 Å². The molecule has 0 saturated carbocycles. The molecule has 0 fully saturated rings. The fraction of sp³-hybridized carbons (Fsp3) is 0.278. The minimum absolute atomic E-state index is 0.114. The molecule has 27 heavy (non-hydrogen) atoms. The summed E-state index contributed by atoms with van der Waals surface area (Å²) in [5, 5.41) is 2.67. The molecule has 2 N–H and O–H groups in total. The maximum absolute atomic E-state index is 13.1. The van der Waals surface area contributed by atoms with Crippen molar-refractivity contribution in [3.63, 3.8) is 0 Å². The molecular weight excluding hydrogens is 394 g/mol. The zero-order chi connectivity index (χ0) is 20.0. The summed E-state index contributed by atoms with van der Waals surface area (Å²) in [7, 11) is -3.58. The van der Waals surface area contributed by atoms with Crippen LogP contribution in [0.25, 0.3) is 0 Å². The maximum atomic E-state index is 13.1. The summed E-state index contributed by atoms with van der Waals surface area (Å²) in [5.41, 5.74) is 0.473. The molecule has 0 aliphatic carbocycles. The lowest BCUT2D eigenvalue weighted by atomic mass is 10.3. The van der Waals surface area contributed by atoms with Crippen molar-refractivity contribution in [1.82, 2.24) is 4.72 Å². The molecule has 9 heteroatoms. The summed E-state index contributed by atoms with van der Waals surface area (Å²) in [6, 6.07) is 9.20. The Balaban J connectivity index is 1.86. The van der Waals surface area contributed by atoms with Crippen LogP contribution in [-0.2, 0) is 14.8 Å².